The molecule has 2 fully saturated rings. The van der Waals surface area contributed by atoms with Crippen LogP contribution in [0.1, 0.15) is 49.8 Å². The van der Waals surface area contributed by atoms with Crippen molar-refractivity contribution < 1.29 is 27.5 Å². The fourth-order valence-electron chi connectivity index (χ4n) is 5.44. The maximum absolute atomic E-state index is 14.1. The Kier molecular flexibility index (Phi) is 7.64. The van der Waals surface area contributed by atoms with E-state index in [1.165, 1.54) is 0 Å². The Hall–Kier alpha value is -3.07. The predicted molar refractivity (Wildman–Crippen MR) is 124 cm³/mol. The molecule has 188 valence electrons. The zero-order valence-corrected chi connectivity index (χ0v) is 19.6. The van der Waals surface area contributed by atoms with Crippen LogP contribution in [-0.4, -0.2) is 41.6 Å². The Bertz CT molecular complexity index is 1050. The number of hydrogen-bond donors (Lipinski definition) is 2. The number of amides is 2. The van der Waals surface area contributed by atoms with Gasteiger partial charge in [-0.2, -0.15) is 0 Å². The largest absolute Gasteiger partial charge is 0.450 e. The second-order valence-electron chi connectivity index (χ2n) is 9.30. The highest BCUT2D eigenvalue weighted by molar-refractivity contribution is 5.87. The highest BCUT2D eigenvalue weighted by atomic mass is 19.2. The molecule has 4 rings (SSSR count). The molecule has 2 amide bonds. The summed E-state index contributed by atoms with van der Waals surface area (Å²) < 4.78 is 46.0. The van der Waals surface area contributed by atoms with Crippen molar-refractivity contribution in [2.24, 2.45) is 11.7 Å². The number of carbonyl (C=O) groups is 2. The quantitative estimate of drug-likeness (QED) is 0.570. The van der Waals surface area contributed by atoms with E-state index in [0.29, 0.717) is 24.5 Å². The van der Waals surface area contributed by atoms with Gasteiger partial charge >= 0.3 is 6.09 Å². The molecule has 2 aromatic rings. The van der Waals surface area contributed by atoms with Gasteiger partial charge in [0.05, 0.1) is 6.61 Å². The summed E-state index contributed by atoms with van der Waals surface area (Å²) in [7, 11) is 0. The van der Waals surface area contributed by atoms with Crippen molar-refractivity contribution in [2.75, 3.05) is 6.61 Å². The van der Waals surface area contributed by atoms with E-state index in [1.807, 2.05) is 11.0 Å². The Balaban J connectivity index is 1.48. The summed E-state index contributed by atoms with van der Waals surface area (Å²) in [6.07, 6.45) is 2.27. The van der Waals surface area contributed by atoms with Crippen molar-refractivity contribution >= 4 is 12.0 Å². The molecule has 0 aromatic heterocycles. The molecule has 2 heterocycles. The number of nitrogens with two attached hydrogens (primary N) is 1. The van der Waals surface area contributed by atoms with E-state index in [0.717, 1.165) is 18.9 Å². The van der Waals surface area contributed by atoms with Gasteiger partial charge in [0.1, 0.15) is 11.9 Å². The van der Waals surface area contributed by atoms with Crippen LogP contribution in [0.25, 0.3) is 0 Å². The third-order valence-electron chi connectivity index (χ3n) is 7.09. The standard InChI is InChI=1S/C26H30F3N3O3/c1-2-35-26(34)31-24(15-6-4-3-5-7-15)25(33)32-18-8-9-19(32)11-17(10-18)23(30)13-16-12-21(28)22(29)14-20(16)27/h3-7,12,14,17-19,23-24H,2,8-11,13,30H2,1H3,(H,31,34)/t17-,18-,19+,23-,24?/m1/s1. The molecule has 9 heteroatoms. The highest BCUT2D eigenvalue weighted by Crippen LogP contribution is 2.41. The van der Waals surface area contributed by atoms with Crippen LogP contribution in [0.15, 0.2) is 42.5 Å². The molecule has 2 saturated heterocycles. The highest BCUT2D eigenvalue weighted by Gasteiger charge is 2.46. The zero-order chi connectivity index (χ0) is 25.1. The van der Waals surface area contributed by atoms with Crippen LogP contribution in [0, 0.1) is 23.4 Å². The Morgan fingerprint density at radius 3 is 2.31 bits per heavy atom. The van der Waals surface area contributed by atoms with E-state index >= 15 is 0 Å². The maximum Gasteiger partial charge on any atom is 0.408 e. The third kappa shape index (κ3) is 5.45. The molecule has 2 aliphatic heterocycles. The van der Waals surface area contributed by atoms with Gasteiger partial charge in [-0.3, -0.25) is 4.79 Å². The van der Waals surface area contributed by atoms with Crippen LogP contribution in [0.4, 0.5) is 18.0 Å². The lowest BCUT2D eigenvalue weighted by Crippen LogP contribution is -2.53. The van der Waals surface area contributed by atoms with E-state index in [-0.39, 0.29) is 42.5 Å². The van der Waals surface area contributed by atoms with Gasteiger partial charge in [0.25, 0.3) is 0 Å². The average molecular weight is 490 g/mol. The molecule has 0 radical (unpaired) electrons. The van der Waals surface area contributed by atoms with E-state index < -0.39 is 35.6 Å². The molecule has 2 aromatic carbocycles. The van der Waals surface area contributed by atoms with E-state index in [9.17, 15) is 22.8 Å². The SMILES string of the molecule is CCOC(=O)NC(C(=O)N1[C@@H]2CC[C@H]1C[C@H]([C@H](N)Cc1cc(F)c(F)cc1F)C2)c1ccccc1. The minimum Gasteiger partial charge on any atom is -0.450 e. The van der Waals surface area contributed by atoms with Crippen LogP contribution in [0.5, 0.6) is 0 Å². The third-order valence-corrected chi connectivity index (χ3v) is 7.09. The summed E-state index contributed by atoms with van der Waals surface area (Å²) >= 11 is 0. The number of piperidine rings is 1. The zero-order valence-electron chi connectivity index (χ0n) is 19.6. The van der Waals surface area contributed by atoms with Crippen molar-refractivity contribution in [3.05, 3.63) is 71.0 Å². The summed E-state index contributed by atoms with van der Waals surface area (Å²) in [4.78, 5) is 27.7. The second kappa shape index (κ2) is 10.7. The number of rotatable bonds is 7. The van der Waals surface area contributed by atoms with Gasteiger partial charge < -0.3 is 20.7 Å². The van der Waals surface area contributed by atoms with Gasteiger partial charge in [0.2, 0.25) is 5.91 Å². The van der Waals surface area contributed by atoms with Gasteiger partial charge in [0, 0.05) is 24.2 Å². The monoisotopic (exact) mass is 489 g/mol. The topological polar surface area (TPSA) is 84.7 Å². The lowest BCUT2D eigenvalue weighted by Gasteiger charge is -2.42. The number of hydrogen-bond acceptors (Lipinski definition) is 4. The number of nitrogens with one attached hydrogen (secondary N) is 1. The molecule has 3 N–H and O–H groups in total. The van der Waals surface area contributed by atoms with Gasteiger partial charge in [-0.1, -0.05) is 30.3 Å². The number of ether oxygens (including phenoxy) is 1. The first-order valence-electron chi connectivity index (χ1n) is 12.0. The predicted octanol–water partition coefficient (Wildman–Crippen LogP) is 4.23. The molecule has 2 bridgehead atoms. The molecule has 0 spiro atoms. The van der Waals surface area contributed by atoms with Crippen LogP contribution in [0.3, 0.4) is 0 Å². The number of fused-ring (bicyclic) bond motifs is 2. The molecular formula is C26H30F3N3O3. The first-order chi connectivity index (χ1) is 16.8. The number of benzene rings is 2. The van der Waals surface area contributed by atoms with E-state index in [4.69, 9.17) is 10.5 Å². The Labute approximate surface area is 202 Å². The molecule has 0 aliphatic carbocycles. The first kappa shape index (κ1) is 25.0. The molecule has 2 aliphatic rings. The lowest BCUT2D eigenvalue weighted by atomic mass is 9.82. The normalized spacial score (nSPS) is 23.0. The number of alkyl carbamates (subject to hydrolysis) is 1. The minimum absolute atomic E-state index is 0.00254. The van der Waals surface area contributed by atoms with Gasteiger partial charge in [0.15, 0.2) is 11.6 Å². The van der Waals surface area contributed by atoms with E-state index in [2.05, 4.69) is 5.32 Å². The summed E-state index contributed by atoms with van der Waals surface area (Å²) in [6.45, 7) is 1.88. The van der Waals surface area contributed by atoms with Crippen molar-refractivity contribution in [1.82, 2.24) is 10.2 Å². The van der Waals surface area contributed by atoms with Crippen molar-refractivity contribution in [3.8, 4) is 0 Å². The van der Waals surface area contributed by atoms with Crippen LogP contribution in [-0.2, 0) is 16.0 Å². The number of halogens is 3. The van der Waals surface area contributed by atoms with Crippen LogP contribution < -0.4 is 11.1 Å². The minimum atomic E-state index is -1.23. The second-order valence-corrected chi connectivity index (χ2v) is 9.30. The van der Waals surface area contributed by atoms with Gasteiger partial charge in [-0.25, -0.2) is 18.0 Å². The van der Waals surface area contributed by atoms with Crippen molar-refractivity contribution in [1.29, 1.82) is 0 Å². The summed E-state index contributed by atoms with van der Waals surface area (Å²) in [5.74, 6) is -3.34. The molecule has 35 heavy (non-hydrogen) atoms. The van der Waals surface area contributed by atoms with Gasteiger partial charge in [-0.15, -0.1) is 0 Å². The molecular weight excluding hydrogens is 459 g/mol. The molecule has 6 nitrogen and oxygen atoms in total. The van der Waals surface area contributed by atoms with Crippen LogP contribution in [0.2, 0.25) is 0 Å². The Morgan fingerprint density at radius 1 is 1.06 bits per heavy atom. The number of nitrogens with zero attached hydrogens (tertiary/aromatic N) is 1. The number of carbonyl (C=O) groups excluding carboxylic acids is 2. The summed E-state index contributed by atoms with van der Waals surface area (Å²) in [6, 6.07) is 8.96. The van der Waals surface area contributed by atoms with Crippen molar-refractivity contribution in [3.63, 3.8) is 0 Å². The fraction of sp³-hybridized carbons (Fsp3) is 0.462. The smallest absolute Gasteiger partial charge is 0.408 e. The van der Waals surface area contributed by atoms with Gasteiger partial charge in [-0.05, 0) is 62.1 Å². The molecule has 0 saturated carbocycles. The fourth-order valence-corrected chi connectivity index (χ4v) is 5.44. The molecule has 5 atom stereocenters. The van der Waals surface area contributed by atoms with E-state index in [1.54, 1.807) is 31.2 Å². The Morgan fingerprint density at radius 2 is 1.69 bits per heavy atom. The summed E-state index contributed by atoms with van der Waals surface area (Å²) in [5.41, 5.74) is 7.11. The maximum atomic E-state index is 14.1. The molecule has 1 unspecified atom stereocenters. The average Bonchev–Trinajstić information content (AvgIpc) is 3.10. The van der Waals surface area contributed by atoms with Crippen LogP contribution >= 0.6 is 0 Å². The first-order valence-corrected chi connectivity index (χ1v) is 12.0. The summed E-state index contributed by atoms with van der Waals surface area (Å²) in [5, 5.41) is 2.70. The lowest BCUT2D eigenvalue weighted by molar-refractivity contribution is -0.139. The van der Waals surface area contributed by atoms with Crippen molar-refractivity contribution in [2.45, 2.75) is 63.2 Å².